The van der Waals surface area contributed by atoms with Crippen LogP contribution in [0, 0.1) is 28.9 Å². The van der Waals surface area contributed by atoms with Crippen molar-refractivity contribution in [1.29, 1.82) is 5.26 Å². The lowest BCUT2D eigenvalue weighted by molar-refractivity contribution is 0.284. The van der Waals surface area contributed by atoms with Crippen molar-refractivity contribution in [3.05, 3.63) is 29.3 Å². The second-order valence-corrected chi connectivity index (χ2v) is 4.52. The van der Waals surface area contributed by atoms with Crippen LogP contribution in [0.3, 0.4) is 0 Å². The first-order chi connectivity index (χ1) is 8.13. The molecule has 1 aromatic rings. The van der Waals surface area contributed by atoms with Crippen LogP contribution in [0.5, 0.6) is 0 Å². The third kappa shape index (κ3) is 2.23. The van der Waals surface area contributed by atoms with E-state index >= 15 is 0 Å². The number of benzene rings is 1. The molecule has 1 atom stereocenters. The first-order valence-corrected chi connectivity index (χ1v) is 5.78. The molecule has 0 bridgehead atoms. The Morgan fingerprint density at radius 2 is 2.06 bits per heavy atom. The van der Waals surface area contributed by atoms with Crippen LogP contribution < -0.4 is 5.32 Å². The molecule has 1 N–H and O–H groups in total. The van der Waals surface area contributed by atoms with Gasteiger partial charge in [-0.3, -0.25) is 0 Å². The van der Waals surface area contributed by atoms with Gasteiger partial charge in [0, 0.05) is 6.04 Å². The Bertz CT molecular complexity index is 461. The number of nitrogens with one attached hydrogen (secondary N) is 1. The van der Waals surface area contributed by atoms with Crippen molar-refractivity contribution in [2.45, 2.75) is 32.2 Å². The normalized spacial score (nSPS) is 17.1. The average molecular weight is 236 g/mol. The maximum absolute atomic E-state index is 13.6. The quantitative estimate of drug-likeness (QED) is 0.872. The molecule has 0 aromatic heterocycles. The average Bonchev–Trinajstić information content (AvgIpc) is 2.23. The van der Waals surface area contributed by atoms with Gasteiger partial charge < -0.3 is 5.32 Å². The fourth-order valence-corrected chi connectivity index (χ4v) is 2.05. The van der Waals surface area contributed by atoms with E-state index in [0.29, 0.717) is 5.92 Å². The van der Waals surface area contributed by atoms with E-state index in [9.17, 15) is 8.78 Å². The van der Waals surface area contributed by atoms with Crippen LogP contribution >= 0.6 is 0 Å². The van der Waals surface area contributed by atoms with E-state index in [0.717, 1.165) is 12.8 Å². The molecule has 2 rings (SSSR count). The third-order valence-corrected chi connectivity index (χ3v) is 3.44. The highest BCUT2D eigenvalue weighted by atomic mass is 19.2. The Hall–Kier alpha value is -1.63. The van der Waals surface area contributed by atoms with Gasteiger partial charge in [-0.25, -0.2) is 8.78 Å². The van der Waals surface area contributed by atoms with E-state index in [2.05, 4.69) is 5.32 Å². The standard InChI is InChI=1S/C13H14F2N2/c1-8(9-3-2-4-9)17-11-6-5-10(7-16)12(14)13(11)15/h5-6,8-9,17H,2-4H2,1H3. The highest BCUT2D eigenvalue weighted by Crippen LogP contribution is 2.31. The van der Waals surface area contributed by atoms with E-state index in [4.69, 9.17) is 5.26 Å². The summed E-state index contributed by atoms with van der Waals surface area (Å²) in [6.07, 6.45) is 3.48. The summed E-state index contributed by atoms with van der Waals surface area (Å²) in [4.78, 5) is 0. The highest BCUT2D eigenvalue weighted by Gasteiger charge is 2.25. The first kappa shape index (κ1) is 11.8. The molecule has 0 heterocycles. The molecule has 0 amide bonds. The summed E-state index contributed by atoms with van der Waals surface area (Å²) in [5, 5.41) is 11.6. The molecule has 4 heteroatoms. The molecule has 0 saturated heterocycles. The maximum Gasteiger partial charge on any atom is 0.183 e. The lowest BCUT2D eigenvalue weighted by atomic mass is 9.80. The monoisotopic (exact) mass is 236 g/mol. The van der Waals surface area contributed by atoms with Gasteiger partial charge in [-0.05, 0) is 37.8 Å². The fraction of sp³-hybridized carbons (Fsp3) is 0.462. The smallest absolute Gasteiger partial charge is 0.183 e. The molecule has 1 aromatic carbocycles. The van der Waals surface area contributed by atoms with Gasteiger partial charge in [0.05, 0.1) is 11.3 Å². The minimum Gasteiger partial charge on any atom is -0.380 e. The maximum atomic E-state index is 13.6. The molecule has 90 valence electrons. The summed E-state index contributed by atoms with van der Waals surface area (Å²) < 4.78 is 27.0. The number of hydrogen-bond donors (Lipinski definition) is 1. The Morgan fingerprint density at radius 1 is 1.35 bits per heavy atom. The largest absolute Gasteiger partial charge is 0.380 e. The van der Waals surface area contributed by atoms with E-state index < -0.39 is 11.6 Å². The van der Waals surface area contributed by atoms with Crippen LogP contribution in [0.25, 0.3) is 0 Å². The van der Waals surface area contributed by atoms with Gasteiger partial charge in [0.2, 0.25) is 0 Å². The molecule has 17 heavy (non-hydrogen) atoms. The van der Waals surface area contributed by atoms with Crippen molar-refractivity contribution < 1.29 is 8.78 Å². The number of rotatable bonds is 3. The highest BCUT2D eigenvalue weighted by molar-refractivity contribution is 5.50. The number of hydrogen-bond acceptors (Lipinski definition) is 2. The molecule has 1 aliphatic rings. The van der Waals surface area contributed by atoms with Gasteiger partial charge in [-0.15, -0.1) is 0 Å². The molecule has 1 aliphatic carbocycles. The lowest BCUT2D eigenvalue weighted by Crippen LogP contribution is -2.31. The second kappa shape index (κ2) is 4.70. The molecule has 0 aliphatic heterocycles. The summed E-state index contributed by atoms with van der Waals surface area (Å²) in [5.74, 6) is -1.50. The summed E-state index contributed by atoms with van der Waals surface area (Å²) >= 11 is 0. The van der Waals surface area contributed by atoms with Crippen LogP contribution in [0.4, 0.5) is 14.5 Å². The number of halogens is 2. The summed E-state index contributed by atoms with van der Waals surface area (Å²) in [5.41, 5.74) is -0.120. The number of anilines is 1. The minimum atomic E-state index is -1.07. The van der Waals surface area contributed by atoms with Crippen LogP contribution in [-0.2, 0) is 0 Å². The molecular formula is C13H14F2N2. The predicted octanol–water partition coefficient (Wildman–Crippen LogP) is 3.44. The van der Waals surface area contributed by atoms with Gasteiger partial charge in [0.25, 0.3) is 0 Å². The third-order valence-electron chi connectivity index (χ3n) is 3.44. The van der Waals surface area contributed by atoms with Crippen molar-refractivity contribution >= 4 is 5.69 Å². The summed E-state index contributed by atoms with van der Waals surface area (Å²) in [6, 6.07) is 4.47. The molecule has 1 saturated carbocycles. The van der Waals surface area contributed by atoms with Crippen LogP contribution in [0.1, 0.15) is 31.7 Å². The van der Waals surface area contributed by atoms with Crippen molar-refractivity contribution in [3.63, 3.8) is 0 Å². The van der Waals surface area contributed by atoms with Gasteiger partial charge in [0.15, 0.2) is 11.6 Å². The number of nitrogens with zero attached hydrogens (tertiary/aromatic N) is 1. The summed E-state index contributed by atoms with van der Waals surface area (Å²) in [6.45, 7) is 1.97. The topological polar surface area (TPSA) is 35.8 Å². The molecule has 0 spiro atoms. The lowest BCUT2D eigenvalue weighted by Gasteiger charge is -2.32. The zero-order valence-corrected chi connectivity index (χ0v) is 9.63. The molecule has 1 unspecified atom stereocenters. The van der Waals surface area contributed by atoms with Gasteiger partial charge in [-0.1, -0.05) is 6.42 Å². The van der Waals surface area contributed by atoms with Gasteiger partial charge in [-0.2, -0.15) is 5.26 Å². The molecule has 1 fully saturated rings. The Kier molecular flexibility index (Phi) is 3.28. The summed E-state index contributed by atoms with van der Waals surface area (Å²) in [7, 11) is 0. The predicted molar refractivity (Wildman–Crippen MR) is 61.5 cm³/mol. The SMILES string of the molecule is CC(Nc1ccc(C#N)c(F)c1F)C1CCC1. The van der Waals surface area contributed by atoms with E-state index in [-0.39, 0.29) is 17.3 Å². The van der Waals surface area contributed by atoms with E-state index in [1.54, 1.807) is 6.07 Å². The van der Waals surface area contributed by atoms with Gasteiger partial charge in [0.1, 0.15) is 6.07 Å². The zero-order chi connectivity index (χ0) is 12.4. The van der Waals surface area contributed by atoms with Crippen LogP contribution in [0.2, 0.25) is 0 Å². The Balaban J connectivity index is 2.16. The minimum absolute atomic E-state index is 0.130. The Morgan fingerprint density at radius 3 is 2.59 bits per heavy atom. The van der Waals surface area contributed by atoms with Crippen LogP contribution in [-0.4, -0.2) is 6.04 Å². The van der Waals surface area contributed by atoms with Crippen molar-refractivity contribution in [2.24, 2.45) is 5.92 Å². The number of nitriles is 1. The van der Waals surface area contributed by atoms with Crippen LogP contribution in [0.15, 0.2) is 12.1 Å². The Labute approximate surface area is 99.3 Å². The fourth-order valence-electron chi connectivity index (χ4n) is 2.05. The van der Waals surface area contributed by atoms with Crippen molar-refractivity contribution in [3.8, 4) is 6.07 Å². The molecular weight excluding hydrogens is 222 g/mol. The molecule has 2 nitrogen and oxygen atoms in total. The van der Waals surface area contributed by atoms with E-state index in [1.807, 2.05) is 6.92 Å². The van der Waals surface area contributed by atoms with Crippen molar-refractivity contribution in [2.75, 3.05) is 5.32 Å². The van der Waals surface area contributed by atoms with Gasteiger partial charge >= 0.3 is 0 Å². The zero-order valence-electron chi connectivity index (χ0n) is 9.63. The first-order valence-electron chi connectivity index (χ1n) is 5.78. The van der Waals surface area contributed by atoms with E-state index in [1.165, 1.54) is 18.6 Å². The van der Waals surface area contributed by atoms with Crippen molar-refractivity contribution in [1.82, 2.24) is 0 Å². The second-order valence-electron chi connectivity index (χ2n) is 4.52. The molecule has 0 radical (unpaired) electrons.